The van der Waals surface area contributed by atoms with Gasteiger partial charge in [-0.3, -0.25) is 4.79 Å². The maximum absolute atomic E-state index is 12.7. The summed E-state index contributed by atoms with van der Waals surface area (Å²) in [5.41, 5.74) is 9.69. The quantitative estimate of drug-likeness (QED) is 0.778. The van der Waals surface area contributed by atoms with E-state index < -0.39 is 6.04 Å². The molecule has 3 aromatic rings. The first-order valence-electron chi connectivity index (χ1n) is 7.87. The minimum Gasteiger partial charge on any atom is -0.361 e. The Morgan fingerprint density at radius 3 is 3.13 bits per heavy atom. The second-order valence-electron chi connectivity index (χ2n) is 6.05. The van der Waals surface area contributed by atoms with Crippen LogP contribution in [0.15, 0.2) is 41.9 Å². The summed E-state index contributed by atoms with van der Waals surface area (Å²) in [5, 5.41) is 3.25. The number of aromatic nitrogens is 1. The van der Waals surface area contributed by atoms with Gasteiger partial charge in [-0.15, -0.1) is 11.3 Å². The maximum atomic E-state index is 12.7. The van der Waals surface area contributed by atoms with Crippen LogP contribution in [-0.4, -0.2) is 28.4 Å². The number of aromatic amines is 1. The van der Waals surface area contributed by atoms with E-state index in [-0.39, 0.29) is 5.91 Å². The Bertz CT molecular complexity index is 851. The Morgan fingerprint density at radius 1 is 1.35 bits per heavy atom. The van der Waals surface area contributed by atoms with Gasteiger partial charge >= 0.3 is 0 Å². The summed E-state index contributed by atoms with van der Waals surface area (Å²) in [6, 6.07) is 9.74. The van der Waals surface area contributed by atoms with Gasteiger partial charge in [0.05, 0.1) is 6.04 Å². The van der Waals surface area contributed by atoms with Gasteiger partial charge in [-0.1, -0.05) is 18.2 Å². The number of hydrogen-bond donors (Lipinski definition) is 2. The molecule has 1 aromatic carbocycles. The number of nitrogens with one attached hydrogen (secondary N) is 1. The summed E-state index contributed by atoms with van der Waals surface area (Å²) in [6.45, 7) is 1.47. The van der Waals surface area contributed by atoms with E-state index in [0.29, 0.717) is 13.0 Å². The van der Waals surface area contributed by atoms with Crippen molar-refractivity contribution in [2.45, 2.75) is 25.4 Å². The number of benzene rings is 1. The molecule has 1 atom stereocenters. The number of H-pyrrole nitrogens is 1. The SMILES string of the molecule is N[C@@H](Cc1c[nH]c2ccccc12)C(=O)N1CCc2sccc2C1. The van der Waals surface area contributed by atoms with Crippen molar-refractivity contribution in [3.63, 3.8) is 0 Å². The van der Waals surface area contributed by atoms with Crippen LogP contribution in [0.1, 0.15) is 16.0 Å². The Kier molecular flexibility index (Phi) is 3.67. The molecule has 4 nitrogen and oxygen atoms in total. The summed E-state index contributed by atoms with van der Waals surface area (Å²) >= 11 is 1.78. The molecule has 1 amide bonds. The fourth-order valence-electron chi connectivity index (χ4n) is 3.30. The van der Waals surface area contributed by atoms with E-state index in [1.54, 1.807) is 11.3 Å². The average Bonchev–Trinajstić information content (AvgIpc) is 3.20. The van der Waals surface area contributed by atoms with Crippen molar-refractivity contribution in [2.24, 2.45) is 5.73 Å². The van der Waals surface area contributed by atoms with Crippen LogP contribution in [0.3, 0.4) is 0 Å². The molecule has 0 unspecified atom stereocenters. The highest BCUT2D eigenvalue weighted by Gasteiger charge is 2.26. The number of carbonyl (C=O) groups is 1. The van der Waals surface area contributed by atoms with Crippen LogP contribution in [0, 0.1) is 0 Å². The molecule has 1 aliphatic heterocycles. The number of nitrogens with two attached hydrogens (primary N) is 1. The van der Waals surface area contributed by atoms with Gasteiger partial charge in [0.1, 0.15) is 0 Å². The van der Waals surface area contributed by atoms with Crippen LogP contribution in [0.25, 0.3) is 10.9 Å². The van der Waals surface area contributed by atoms with Gasteiger partial charge in [0.2, 0.25) is 5.91 Å². The molecule has 4 rings (SSSR count). The molecule has 0 saturated heterocycles. The second kappa shape index (κ2) is 5.83. The molecule has 0 bridgehead atoms. The molecule has 3 heterocycles. The topological polar surface area (TPSA) is 62.1 Å². The standard InChI is InChI=1S/C18H19N3OS/c19-15(9-13-10-20-16-4-2-1-3-14(13)16)18(22)21-7-5-17-12(11-21)6-8-23-17/h1-4,6,8,10,15,20H,5,7,9,11,19H2/t15-/m0/s1. The molecule has 118 valence electrons. The van der Waals surface area contributed by atoms with Gasteiger partial charge in [-0.25, -0.2) is 0 Å². The number of thiophene rings is 1. The lowest BCUT2D eigenvalue weighted by Crippen LogP contribution is -2.46. The monoisotopic (exact) mass is 325 g/mol. The first kappa shape index (κ1) is 14.5. The second-order valence-corrected chi connectivity index (χ2v) is 7.05. The lowest BCUT2D eigenvalue weighted by molar-refractivity contribution is -0.133. The first-order chi connectivity index (χ1) is 11.2. The minimum absolute atomic E-state index is 0.0483. The summed E-state index contributed by atoms with van der Waals surface area (Å²) in [4.78, 5) is 19.2. The molecule has 0 radical (unpaired) electrons. The molecule has 0 spiro atoms. The smallest absolute Gasteiger partial charge is 0.240 e. The minimum atomic E-state index is -0.491. The molecule has 23 heavy (non-hydrogen) atoms. The molecule has 2 aromatic heterocycles. The highest BCUT2D eigenvalue weighted by Crippen LogP contribution is 2.25. The fourth-order valence-corrected chi connectivity index (χ4v) is 4.19. The highest BCUT2D eigenvalue weighted by atomic mass is 32.1. The van der Waals surface area contributed by atoms with Gasteiger partial charge in [-0.2, -0.15) is 0 Å². The number of carbonyl (C=O) groups excluding carboxylic acids is 1. The number of nitrogens with zero attached hydrogens (tertiary/aromatic N) is 1. The summed E-state index contributed by atoms with van der Waals surface area (Å²) in [6.07, 6.45) is 3.47. The van der Waals surface area contributed by atoms with Gasteiger partial charge in [0.15, 0.2) is 0 Å². The molecular weight excluding hydrogens is 306 g/mol. The molecular formula is C18H19N3OS. The van der Waals surface area contributed by atoms with Crippen molar-refractivity contribution in [3.05, 3.63) is 57.9 Å². The Labute approximate surface area is 138 Å². The Hall–Kier alpha value is -2.11. The van der Waals surface area contributed by atoms with Crippen molar-refractivity contribution >= 4 is 28.1 Å². The zero-order valence-corrected chi connectivity index (χ0v) is 13.6. The van der Waals surface area contributed by atoms with Gasteiger partial charge < -0.3 is 15.6 Å². The van der Waals surface area contributed by atoms with E-state index in [9.17, 15) is 4.79 Å². The number of fused-ring (bicyclic) bond motifs is 2. The van der Waals surface area contributed by atoms with Crippen LogP contribution in [0.4, 0.5) is 0 Å². The molecule has 1 aliphatic rings. The van der Waals surface area contributed by atoms with Crippen LogP contribution in [0.5, 0.6) is 0 Å². The summed E-state index contributed by atoms with van der Waals surface area (Å²) in [5.74, 6) is 0.0483. The normalized spacial score (nSPS) is 15.6. The molecule has 3 N–H and O–H groups in total. The number of hydrogen-bond acceptors (Lipinski definition) is 3. The van der Waals surface area contributed by atoms with Crippen LogP contribution < -0.4 is 5.73 Å². The third-order valence-electron chi connectivity index (χ3n) is 4.55. The Balaban J connectivity index is 1.49. The van der Waals surface area contributed by atoms with Crippen molar-refractivity contribution in [1.29, 1.82) is 0 Å². The molecule has 0 saturated carbocycles. The van der Waals surface area contributed by atoms with Crippen LogP contribution in [-0.2, 0) is 24.2 Å². The van der Waals surface area contributed by atoms with E-state index in [2.05, 4.69) is 22.5 Å². The predicted octanol–water partition coefficient (Wildman–Crippen LogP) is 2.68. The van der Waals surface area contributed by atoms with Gasteiger partial charge in [-0.05, 0) is 41.5 Å². The lowest BCUT2D eigenvalue weighted by atomic mass is 10.0. The van der Waals surface area contributed by atoms with E-state index in [4.69, 9.17) is 5.73 Å². The van der Waals surface area contributed by atoms with Gasteiger partial charge in [0, 0.05) is 35.1 Å². The predicted molar refractivity (Wildman–Crippen MR) is 93.4 cm³/mol. The largest absolute Gasteiger partial charge is 0.361 e. The zero-order valence-electron chi connectivity index (χ0n) is 12.8. The van der Waals surface area contributed by atoms with Crippen LogP contribution >= 0.6 is 11.3 Å². The molecule has 0 aliphatic carbocycles. The average molecular weight is 325 g/mol. The van der Waals surface area contributed by atoms with Crippen molar-refractivity contribution in [3.8, 4) is 0 Å². The van der Waals surface area contributed by atoms with Gasteiger partial charge in [0.25, 0.3) is 0 Å². The van der Waals surface area contributed by atoms with Crippen molar-refractivity contribution in [1.82, 2.24) is 9.88 Å². The number of amides is 1. The number of rotatable bonds is 3. The zero-order chi connectivity index (χ0) is 15.8. The van der Waals surface area contributed by atoms with Crippen molar-refractivity contribution < 1.29 is 4.79 Å². The van der Waals surface area contributed by atoms with E-state index in [0.717, 1.165) is 29.4 Å². The first-order valence-corrected chi connectivity index (χ1v) is 8.75. The third-order valence-corrected chi connectivity index (χ3v) is 5.57. The van der Waals surface area contributed by atoms with Crippen molar-refractivity contribution in [2.75, 3.05) is 6.54 Å². The van der Waals surface area contributed by atoms with Crippen LogP contribution in [0.2, 0.25) is 0 Å². The fraction of sp³-hybridized carbons (Fsp3) is 0.278. The van der Waals surface area contributed by atoms with E-state index in [1.165, 1.54) is 10.4 Å². The lowest BCUT2D eigenvalue weighted by Gasteiger charge is -2.29. The number of para-hydroxylation sites is 1. The highest BCUT2D eigenvalue weighted by molar-refractivity contribution is 7.10. The third kappa shape index (κ3) is 2.66. The van der Waals surface area contributed by atoms with E-state index >= 15 is 0 Å². The maximum Gasteiger partial charge on any atom is 0.240 e. The summed E-state index contributed by atoms with van der Waals surface area (Å²) < 4.78 is 0. The molecule has 5 heteroatoms. The Morgan fingerprint density at radius 2 is 2.22 bits per heavy atom. The molecule has 0 fully saturated rings. The summed E-state index contributed by atoms with van der Waals surface area (Å²) in [7, 11) is 0. The van der Waals surface area contributed by atoms with E-state index in [1.807, 2.05) is 29.3 Å².